The van der Waals surface area contributed by atoms with Crippen LogP contribution in [0.25, 0.3) is 0 Å². The first kappa shape index (κ1) is 28.2. The molecule has 0 amide bonds. The molecule has 3 N–H and O–H groups in total. The Balaban J connectivity index is 1.88. The van der Waals surface area contributed by atoms with Crippen molar-refractivity contribution in [2.45, 2.75) is 17.6 Å². The summed E-state index contributed by atoms with van der Waals surface area (Å²) in [5.41, 5.74) is -0.435. The van der Waals surface area contributed by atoms with E-state index in [1.807, 2.05) is 0 Å². The monoisotopic (exact) mass is 560 g/mol. The fourth-order valence-electron chi connectivity index (χ4n) is 3.03. The minimum Gasteiger partial charge on any atom is -0.365 e. The van der Waals surface area contributed by atoms with Crippen molar-refractivity contribution in [1.82, 2.24) is 19.3 Å². The van der Waals surface area contributed by atoms with Crippen molar-refractivity contribution in [3.63, 3.8) is 0 Å². The third-order valence-electron chi connectivity index (χ3n) is 5.12. The molecule has 16 heteroatoms. The summed E-state index contributed by atoms with van der Waals surface area (Å²) in [5.74, 6) is -0.651. The van der Waals surface area contributed by atoms with Gasteiger partial charge in [0.1, 0.15) is 17.2 Å². The summed E-state index contributed by atoms with van der Waals surface area (Å²) < 4.78 is 89.2. The maximum absolute atomic E-state index is 13.6. The van der Waals surface area contributed by atoms with Crippen LogP contribution < -0.4 is 14.9 Å². The maximum Gasteiger partial charge on any atom is 0.421 e. The van der Waals surface area contributed by atoms with E-state index in [2.05, 4.69) is 25.6 Å². The summed E-state index contributed by atoms with van der Waals surface area (Å²) in [6.45, 7) is -0.216. The van der Waals surface area contributed by atoms with Crippen LogP contribution in [0.2, 0.25) is 0 Å². The van der Waals surface area contributed by atoms with E-state index in [-0.39, 0.29) is 23.2 Å². The summed E-state index contributed by atoms with van der Waals surface area (Å²) in [4.78, 5) is 11.9. The molecule has 0 bridgehead atoms. The second kappa shape index (κ2) is 10.6. The number of anilines is 4. The van der Waals surface area contributed by atoms with Gasteiger partial charge in [-0.05, 0) is 22.4 Å². The summed E-state index contributed by atoms with van der Waals surface area (Å²) in [6, 6.07) is 8.78. The van der Waals surface area contributed by atoms with Gasteiger partial charge >= 0.3 is 16.6 Å². The molecule has 0 aliphatic heterocycles. The number of hydrogen-bond acceptors (Lipinski definition) is 8. The number of hydrogen-bond donors (Lipinski definition) is 3. The Morgan fingerprint density at radius 1 is 1.08 bits per heavy atom. The van der Waals surface area contributed by atoms with Crippen LogP contribution in [-0.2, 0) is 37.4 Å². The fourth-order valence-corrected chi connectivity index (χ4v) is 4.42. The predicted molar refractivity (Wildman–Crippen MR) is 134 cm³/mol. The van der Waals surface area contributed by atoms with E-state index in [0.717, 1.165) is 14.9 Å². The van der Waals surface area contributed by atoms with Crippen LogP contribution in [0.3, 0.4) is 0 Å². The van der Waals surface area contributed by atoms with Gasteiger partial charge in [-0.3, -0.25) is 4.31 Å². The Bertz CT molecular complexity index is 1420. The lowest BCUT2D eigenvalue weighted by Gasteiger charge is -2.20. The van der Waals surface area contributed by atoms with Crippen molar-refractivity contribution in [1.29, 1.82) is 0 Å². The summed E-state index contributed by atoms with van der Waals surface area (Å²) in [5, 5.41) is 5.36. The van der Waals surface area contributed by atoms with Crippen molar-refractivity contribution in [3.8, 4) is 0 Å². The molecule has 0 fully saturated rings. The van der Waals surface area contributed by atoms with Crippen molar-refractivity contribution in [3.05, 3.63) is 59.9 Å². The smallest absolute Gasteiger partial charge is 0.365 e. The van der Waals surface area contributed by atoms with Crippen molar-refractivity contribution < 1.29 is 30.4 Å². The minimum atomic E-state index is -4.77. The molecule has 0 aliphatic carbocycles. The summed E-state index contributed by atoms with van der Waals surface area (Å²) >= 11 is 0. The highest BCUT2D eigenvalue weighted by atomic mass is 32.3. The van der Waals surface area contributed by atoms with Gasteiger partial charge < -0.3 is 10.6 Å². The van der Waals surface area contributed by atoms with Gasteiger partial charge in [-0.25, -0.2) is 18.4 Å². The first-order chi connectivity index (χ1) is 17.1. The Hall–Kier alpha value is -3.34. The highest BCUT2D eigenvalue weighted by Crippen LogP contribution is 2.34. The van der Waals surface area contributed by atoms with Gasteiger partial charge in [0.25, 0.3) is 0 Å². The van der Waals surface area contributed by atoms with Crippen molar-refractivity contribution in [2.75, 3.05) is 42.3 Å². The second-order valence-corrected chi connectivity index (χ2v) is 12.2. The lowest BCUT2D eigenvalue weighted by molar-refractivity contribution is -0.137. The Kier molecular flexibility index (Phi) is 8.06. The molecule has 0 spiro atoms. The minimum absolute atomic E-state index is 0.0525. The average Bonchev–Trinajstić information content (AvgIpc) is 2.81. The number of pyridine rings is 1. The third-order valence-corrected chi connectivity index (χ3v) is 8.16. The first-order valence-corrected chi connectivity index (χ1v) is 13.8. The van der Waals surface area contributed by atoms with Gasteiger partial charge in [0.15, 0.2) is 0 Å². The van der Waals surface area contributed by atoms with Gasteiger partial charge in [-0.1, -0.05) is 10.4 Å². The number of rotatable bonds is 9. The van der Waals surface area contributed by atoms with E-state index in [4.69, 9.17) is 0 Å². The van der Waals surface area contributed by atoms with Crippen LogP contribution in [-0.4, -0.2) is 59.6 Å². The van der Waals surface area contributed by atoms with Crippen molar-refractivity contribution >= 4 is 43.7 Å². The highest BCUT2D eigenvalue weighted by Gasteiger charge is 2.36. The van der Waals surface area contributed by atoms with E-state index in [1.165, 1.54) is 63.7 Å². The molecule has 2 aromatic heterocycles. The quantitative estimate of drug-likeness (QED) is 0.336. The zero-order valence-corrected chi connectivity index (χ0v) is 21.8. The van der Waals surface area contributed by atoms with Gasteiger partial charge in [-0.15, -0.1) is 0 Å². The number of benzene rings is 1. The third kappa shape index (κ3) is 6.71. The topological polar surface area (TPSA) is 141 Å². The van der Waals surface area contributed by atoms with Crippen molar-refractivity contribution in [2.24, 2.45) is 0 Å². The normalized spacial score (nSPS) is 13.8. The lowest BCUT2D eigenvalue weighted by atomic mass is 10.2. The average molecular weight is 561 g/mol. The molecule has 200 valence electrons. The lowest BCUT2D eigenvalue weighted by Crippen LogP contribution is -2.28. The SMILES string of the molecule is CN(c1ncccc1CNc1nc(Nc2ccc([S+](=O)(O)N(C)C)cc2)ncc1C(F)(F)F)S(C)(=O)=O. The summed E-state index contributed by atoms with van der Waals surface area (Å²) in [6.07, 6.45) is -1.80. The number of halogens is 3. The number of nitrogens with one attached hydrogen (secondary N) is 2. The summed E-state index contributed by atoms with van der Waals surface area (Å²) in [7, 11) is -2.88. The van der Waals surface area contributed by atoms with Crippen LogP contribution in [0.15, 0.2) is 53.7 Å². The van der Waals surface area contributed by atoms with Crippen LogP contribution in [0.4, 0.5) is 36.4 Å². The molecular weight excluding hydrogens is 535 g/mol. The predicted octanol–water partition coefficient (Wildman–Crippen LogP) is 3.45. The molecule has 3 aromatic rings. The highest BCUT2D eigenvalue weighted by molar-refractivity contribution is 7.95. The maximum atomic E-state index is 13.6. The van der Waals surface area contributed by atoms with Gasteiger partial charge in [0.05, 0.1) is 6.26 Å². The Morgan fingerprint density at radius 2 is 1.73 bits per heavy atom. The molecule has 0 radical (unpaired) electrons. The van der Waals surface area contributed by atoms with E-state index < -0.39 is 38.0 Å². The van der Waals surface area contributed by atoms with Gasteiger partial charge in [-0.2, -0.15) is 22.7 Å². The van der Waals surface area contributed by atoms with E-state index in [9.17, 15) is 30.4 Å². The Labute approximate surface area is 213 Å². The second-order valence-electron chi connectivity index (χ2n) is 7.98. The first-order valence-electron chi connectivity index (χ1n) is 10.5. The molecule has 0 saturated carbocycles. The molecule has 3 rings (SSSR count). The van der Waals surface area contributed by atoms with E-state index in [1.54, 1.807) is 0 Å². The largest absolute Gasteiger partial charge is 0.421 e. The van der Waals surface area contributed by atoms with E-state index in [0.29, 0.717) is 17.4 Å². The van der Waals surface area contributed by atoms with Crippen LogP contribution in [0, 0.1) is 0 Å². The zero-order valence-electron chi connectivity index (χ0n) is 20.2. The standard InChI is InChI=1S/C21H24F3N7O4S2/c1-30(2)37(34,35)16-9-7-15(8-10-16)28-20-27-13-17(21(22,23)24)18(29-20)26-12-14-6-5-11-25-19(14)31(3)36(4,32)33/h5-11,13H,12H2,1-4H3,(H2-,26,27,28,29,34,35)/p+1. The van der Waals surface area contributed by atoms with Crippen LogP contribution in [0.1, 0.15) is 11.1 Å². The molecule has 0 saturated heterocycles. The van der Waals surface area contributed by atoms with E-state index >= 15 is 0 Å². The van der Waals surface area contributed by atoms with Crippen LogP contribution >= 0.6 is 0 Å². The molecule has 1 unspecified atom stereocenters. The molecule has 2 heterocycles. The number of nitrogens with zero attached hydrogens (tertiary/aromatic N) is 5. The number of alkyl halides is 3. The molecule has 1 atom stereocenters. The molecule has 0 aliphatic rings. The van der Waals surface area contributed by atoms with Crippen LogP contribution in [0.5, 0.6) is 0 Å². The molecular formula is C21H25F3N7O4S2+. The number of aromatic nitrogens is 3. The van der Waals surface area contributed by atoms with Gasteiger partial charge in [0.2, 0.25) is 20.9 Å². The molecule has 37 heavy (non-hydrogen) atoms. The molecule has 11 nitrogen and oxygen atoms in total. The molecule has 1 aromatic carbocycles. The zero-order chi connectivity index (χ0) is 27.6. The fraction of sp³-hybridized carbons (Fsp3) is 0.286. The number of sulfonamides is 1. The van der Waals surface area contributed by atoms with Gasteiger partial charge in [0, 0.05) is 63.5 Å². The Morgan fingerprint density at radius 3 is 2.30 bits per heavy atom.